The van der Waals surface area contributed by atoms with E-state index in [1.165, 1.54) is 15.7 Å². The number of anilines is 1. The lowest BCUT2D eigenvalue weighted by Crippen LogP contribution is -2.52. The van der Waals surface area contributed by atoms with Crippen LogP contribution in [0.2, 0.25) is 0 Å². The van der Waals surface area contributed by atoms with E-state index in [1.807, 2.05) is 66.7 Å². The van der Waals surface area contributed by atoms with Crippen molar-refractivity contribution in [2.75, 3.05) is 32.6 Å². The minimum absolute atomic E-state index is 0.133. The number of H-pyrrole nitrogens is 1. The second-order valence-corrected chi connectivity index (χ2v) is 11.4. The Balaban J connectivity index is 1.14. The van der Waals surface area contributed by atoms with Gasteiger partial charge in [0, 0.05) is 18.3 Å². The predicted octanol–water partition coefficient (Wildman–Crippen LogP) is 3.77. The monoisotopic (exact) mass is 644 g/mol. The van der Waals surface area contributed by atoms with E-state index in [9.17, 15) is 14.4 Å². The maximum atomic E-state index is 13.1. The first-order valence-corrected chi connectivity index (χ1v) is 15.8. The van der Waals surface area contributed by atoms with Crippen LogP contribution in [-0.4, -0.2) is 42.8 Å². The number of methoxy groups -OCH3 is 2. The number of hydrogen-bond acceptors (Lipinski definition) is 6. The van der Waals surface area contributed by atoms with Crippen molar-refractivity contribution >= 4 is 23.7 Å². The van der Waals surface area contributed by atoms with E-state index in [0.29, 0.717) is 16.8 Å². The summed E-state index contributed by atoms with van der Waals surface area (Å²) in [5, 5.41) is 6.82. The SMILES string of the molecule is COc1ccc(CCCNCCc2ccc(NC(=O)c3cccc(/C=c4\[nH]c(=O)/c(=C/c5ccccc5)n(C)c4=O)c3)cc2)cc1OC. The van der Waals surface area contributed by atoms with Gasteiger partial charge in [-0.25, -0.2) is 0 Å². The number of amides is 1. The van der Waals surface area contributed by atoms with Crippen molar-refractivity contribution in [3.8, 4) is 11.5 Å². The fourth-order valence-corrected chi connectivity index (χ4v) is 5.36. The standard InChI is InChI=1S/C39H40N4O5/c1-43-34(25-28-9-5-4-6-10-28)38(45)42-33(39(43)46)24-30-11-7-13-31(23-30)37(44)41-32-17-14-27(15-18-32)20-22-40-21-8-12-29-16-19-35(47-2)36(26-29)48-3/h4-7,9-11,13-19,23-26,40H,8,12,20-22H2,1-3H3,(H,41,44)(H,42,45)/b33-24-,34-25-. The highest BCUT2D eigenvalue weighted by molar-refractivity contribution is 6.04. The van der Waals surface area contributed by atoms with Gasteiger partial charge in [0.2, 0.25) is 0 Å². The Morgan fingerprint density at radius 1 is 0.771 bits per heavy atom. The van der Waals surface area contributed by atoms with Crippen LogP contribution in [-0.2, 0) is 19.9 Å². The first-order chi connectivity index (χ1) is 23.3. The average Bonchev–Trinajstić information content (AvgIpc) is 3.11. The number of nitrogens with zero attached hydrogens (tertiary/aromatic N) is 1. The third-order valence-electron chi connectivity index (χ3n) is 8.01. The molecular weight excluding hydrogens is 604 g/mol. The highest BCUT2D eigenvalue weighted by Gasteiger charge is 2.08. The molecule has 0 atom stereocenters. The van der Waals surface area contributed by atoms with Gasteiger partial charge in [-0.1, -0.05) is 60.7 Å². The lowest BCUT2D eigenvalue weighted by molar-refractivity contribution is 0.102. The number of ether oxygens (including phenoxy) is 2. The van der Waals surface area contributed by atoms with Gasteiger partial charge in [-0.05, 0) is 103 Å². The molecule has 48 heavy (non-hydrogen) atoms. The lowest BCUT2D eigenvalue weighted by Gasteiger charge is -2.10. The van der Waals surface area contributed by atoms with Gasteiger partial charge in [0.15, 0.2) is 11.5 Å². The molecule has 5 rings (SSSR count). The molecule has 0 aliphatic heterocycles. The van der Waals surface area contributed by atoms with Gasteiger partial charge in [0.05, 0.1) is 14.2 Å². The predicted molar refractivity (Wildman–Crippen MR) is 190 cm³/mol. The maximum Gasteiger partial charge on any atom is 0.274 e. The summed E-state index contributed by atoms with van der Waals surface area (Å²) in [6, 6.07) is 30.1. The summed E-state index contributed by atoms with van der Waals surface area (Å²) in [6.45, 7) is 1.76. The maximum absolute atomic E-state index is 13.1. The van der Waals surface area contributed by atoms with E-state index in [0.717, 1.165) is 49.4 Å². The van der Waals surface area contributed by atoms with Gasteiger partial charge < -0.3 is 29.7 Å². The Labute approximate surface area is 279 Å². The lowest BCUT2D eigenvalue weighted by atomic mass is 10.1. The minimum Gasteiger partial charge on any atom is -0.493 e. The van der Waals surface area contributed by atoms with Gasteiger partial charge in [-0.2, -0.15) is 0 Å². The number of rotatable bonds is 13. The molecule has 1 heterocycles. The van der Waals surface area contributed by atoms with Crippen LogP contribution in [0.5, 0.6) is 11.5 Å². The molecule has 0 saturated heterocycles. The van der Waals surface area contributed by atoms with Crippen LogP contribution < -0.4 is 41.9 Å². The number of aromatic nitrogens is 2. The molecule has 1 amide bonds. The number of carbonyl (C=O) groups is 1. The molecule has 1 aromatic heterocycles. The van der Waals surface area contributed by atoms with Crippen LogP contribution in [0.25, 0.3) is 12.2 Å². The van der Waals surface area contributed by atoms with Crippen LogP contribution >= 0.6 is 0 Å². The average molecular weight is 645 g/mol. The van der Waals surface area contributed by atoms with Crippen molar-refractivity contribution in [1.29, 1.82) is 0 Å². The number of carbonyl (C=O) groups excluding carboxylic acids is 1. The molecule has 3 N–H and O–H groups in total. The zero-order valence-corrected chi connectivity index (χ0v) is 27.4. The summed E-state index contributed by atoms with van der Waals surface area (Å²) in [5.41, 5.74) is 4.18. The largest absolute Gasteiger partial charge is 0.493 e. The van der Waals surface area contributed by atoms with E-state index in [-0.39, 0.29) is 27.7 Å². The summed E-state index contributed by atoms with van der Waals surface area (Å²) in [5.74, 6) is 1.21. The van der Waals surface area contributed by atoms with Gasteiger partial charge in [-0.15, -0.1) is 0 Å². The summed E-state index contributed by atoms with van der Waals surface area (Å²) < 4.78 is 12.0. The third-order valence-corrected chi connectivity index (χ3v) is 8.01. The molecule has 0 saturated carbocycles. The van der Waals surface area contributed by atoms with E-state index in [1.54, 1.807) is 57.7 Å². The first kappa shape index (κ1) is 33.7. The Morgan fingerprint density at radius 2 is 1.50 bits per heavy atom. The molecular formula is C39H40N4O5. The second-order valence-electron chi connectivity index (χ2n) is 11.4. The van der Waals surface area contributed by atoms with E-state index < -0.39 is 0 Å². The van der Waals surface area contributed by atoms with Gasteiger partial charge in [0.1, 0.15) is 10.7 Å². The Morgan fingerprint density at radius 3 is 2.25 bits per heavy atom. The quantitative estimate of drug-likeness (QED) is 0.168. The van der Waals surface area contributed by atoms with Crippen molar-refractivity contribution in [1.82, 2.24) is 14.9 Å². The van der Waals surface area contributed by atoms with Crippen molar-refractivity contribution in [3.05, 3.63) is 156 Å². The topological polar surface area (TPSA) is 114 Å². The Bertz CT molecular complexity index is 2100. The minimum atomic E-state index is -0.383. The number of nitrogens with one attached hydrogen (secondary N) is 3. The van der Waals surface area contributed by atoms with Gasteiger partial charge in [0.25, 0.3) is 17.0 Å². The fourth-order valence-electron chi connectivity index (χ4n) is 5.36. The van der Waals surface area contributed by atoms with Gasteiger partial charge >= 0.3 is 0 Å². The van der Waals surface area contributed by atoms with Crippen molar-refractivity contribution in [2.24, 2.45) is 7.05 Å². The van der Waals surface area contributed by atoms with Crippen LogP contribution in [0, 0.1) is 0 Å². The zero-order chi connectivity index (χ0) is 33.9. The normalized spacial score (nSPS) is 11.8. The van der Waals surface area contributed by atoms with E-state index in [4.69, 9.17) is 9.47 Å². The Hall–Kier alpha value is -5.67. The number of benzene rings is 4. The van der Waals surface area contributed by atoms with Gasteiger partial charge in [-0.3, -0.25) is 14.4 Å². The Kier molecular flexibility index (Phi) is 11.4. The molecule has 246 valence electrons. The molecule has 9 heteroatoms. The first-order valence-electron chi connectivity index (χ1n) is 15.8. The molecule has 0 bridgehead atoms. The second kappa shape index (κ2) is 16.2. The van der Waals surface area contributed by atoms with Crippen molar-refractivity contribution in [3.63, 3.8) is 0 Å². The molecule has 0 aliphatic carbocycles. The molecule has 0 spiro atoms. The summed E-state index contributed by atoms with van der Waals surface area (Å²) in [4.78, 5) is 41.7. The fraction of sp³-hybridized carbons (Fsp3) is 0.205. The molecule has 0 fully saturated rings. The molecule has 5 aromatic rings. The molecule has 4 aromatic carbocycles. The molecule has 9 nitrogen and oxygen atoms in total. The van der Waals surface area contributed by atoms with Crippen molar-refractivity contribution in [2.45, 2.75) is 19.3 Å². The zero-order valence-electron chi connectivity index (χ0n) is 27.4. The molecule has 0 aliphatic rings. The smallest absolute Gasteiger partial charge is 0.274 e. The van der Waals surface area contributed by atoms with Crippen molar-refractivity contribution < 1.29 is 14.3 Å². The molecule has 0 radical (unpaired) electrons. The van der Waals surface area contributed by atoms with Crippen LogP contribution in [0.15, 0.2) is 107 Å². The number of aryl methyl sites for hydroxylation is 1. The number of aromatic amines is 1. The highest BCUT2D eigenvalue weighted by Crippen LogP contribution is 2.27. The number of hydrogen-bond donors (Lipinski definition) is 3. The van der Waals surface area contributed by atoms with Crippen LogP contribution in [0.4, 0.5) is 5.69 Å². The molecule has 0 unspecified atom stereocenters. The van der Waals surface area contributed by atoms with E-state index >= 15 is 0 Å². The summed E-state index contributed by atoms with van der Waals surface area (Å²) in [6.07, 6.45) is 6.07. The van der Waals surface area contributed by atoms with Crippen LogP contribution in [0.1, 0.15) is 39.0 Å². The van der Waals surface area contributed by atoms with E-state index in [2.05, 4.69) is 21.7 Å². The van der Waals surface area contributed by atoms with Crippen LogP contribution in [0.3, 0.4) is 0 Å². The highest BCUT2D eigenvalue weighted by atomic mass is 16.5. The summed E-state index contributed by atoms with van der Waals surface area (Å²) >= 11 is 0. The summed E-state index contributed by atoms with van der Waals surface area (Å²) in [7, 11) is 4.85. The third kappa shape index (κ3) is 8.77.